The van der Waals surface area contributed by atoms with Crippen LogP contribution in [0.1, 0.15) is 19.3 Å². The van der Waals surface area contributed by atoms with Crippen LogP contribution in [0.3, 0.4) is 0 Å². The lowest BCUT2D eigenvalue weighted by molar-refractivity contribution is -0.118. The van der Waals surface area contributed by atoms with Crippen LogP contribution in [0, 0.1) is 5.92 Å². The number of fused-ring (bicyclic) bond motifs is 1. The number of aromatic amines is 1. The Labute approximate surface area is 151 Å². The Morgan fingerprint density at radius 1 is 1.23 bits per heavy atom. The quantitative estimate of drug-likeness (QED) is 0.711. The number of aromatic nitrogens is 4. The molecule has 2 aromatic heterocycles. The van der Waals surface area contributed by atoms with Gasteiger partial charge in [-0.2, -0.15) is 0 Å². The maximum absolute atomic E-state index is 12.4. The van der Waals surface area contributed by atoms with Gasteiger partial charge >= 0.3 is 0 Å². The number of H-pyrrole nitrogens is 1. The topological polar surface area (TPSA) is 86.8 Å². The van der Waals surface area contributed by atoms with E-state index in [1.807, 2.05) is 30.3 Å². The van der Waals surface area contributed by atoms with Crippen LogP contribution in [-0.4, -0.2) is 45.4 Å². The molecule has 1 aliphatic rings. The number of para-hydroxylation sites is 1. The van der Waals surface area contributed by atoms with Gasteiger partial charge in [0.15, 0.2) is 17.2 Å². The molecule has 1 fully saturated rings. The minimum absolute atomic E-state index is 0.245. The molecule has 0 spiro atoms. The van der Waals surface area contributed by atoms with Gasteiger partial charge in [0.1, 0.15) is 11.8 Å². The molecule has 0 aliphatic carbocycles. The third-order valence-electron chi connectivity index (χ3n) is 4.80. The predicted octanol–water partition coefficient (Wildman–Crippen LogP) is 2.64. The number of benzene rings is 1. The Balaban J connectivity index is 1.36. The normalized spacial score (nSPS) is 17.4. The van der Waals surface area contributed by atoms with Crippen molar-refractivity contribution in [1.82, 2.24) is 19.9 Å². The van der Waals surface area contributed by atoms with Gasteiger partial charge in [0.25, 0.3) is 0 Å². The van der Waals surface area contributed by atoms with Gasteiger partial charge in [0.05, 0.1) is 12.9 Å². The second-order valence-corrected chi connectivity index (χ2v) is 6.72. The summed E-state index contributed by atoms with van der Waals surface area (Å²) in [5.74, 6) is 1.48. The maximum atomic E-state index is 12.4. The van der Waals surface area contributed by atoms with Gasteiger partial charge in [0, 0.05) is 25.2 Å². The first-order valence-electron chi connectivity index (χ1n) is 8.99. The highest BCUT2D eigenvalue weighted by atomic mass is 16.1. The van der Waals surface area contributed by atoms with Crippen molar-refractivity contribution in [2.45, 2.75) is 19.3 Å². The summed E-state index contributed by atoms with van der Waals surface area (Å²) in [5.41, 5.74) is 2.53. The van der Waals surface area contributed by atoms with E-state index in [0.29, 0.717) is 24.5 Å². The van der Waals surface area contributed by atoms with Crippen LogP contribution >= 0.6 is 0 Å². The molecule has 26 heavy (non-hydrogen) atoms. The van der Waals surface area contributed by atoms with Crippen molar-refractivity contribution in [2.75, 3.05) is 29.9 Å². The molecule has 3 heterocycles. The first-order chi connectivity index (χ1) is 12.8. The highest BCUT2D eigenvalue weighted by molar-refractivity contribution is 5.84. The second-order valence-electron chi connectivity index (χ2n) is 6.72. The van der Waals surface area contributed by atoms with E-state index in [-0.39, 0.29) is 5.78 Å². The molecule has 3 aromatic rings. The zero-order chi connectivity index (χ0) is 17.8. The van der Waals surface area contributed by atoms with Crippen molar-refractivity contribution in [3.8, 4) is 0 Å². The number of hydrogen-bond acceptors (Lipinski definition) is 6. The minimum Gasteiger partial charge on any atom is -0.378 e. The number of carbonyl (C=O) groups is 1. The van der Waals surface area contributed by atoms with Gasteiger partial charge < -0.3 is 15.2 Å². The summed E-state index contributed by atoms with van der Waals surface area (Å²) in [4.78, 5) is 30.6. The Hall–Kier alpha value is -2.96. The van der Waals surface area contributed by atoms with E-state index < -0.39 is 0 Å². The third kappa shape index (κ3) is 3.66. The Kier molecular flexibility index (Phi) is 4.77. The molecule has 134 valence electrons. The lowest BCUT2D eigenvalue weighted by Crippen LogP contribution is -2.37. The third-order valence-corrected chi connectivity index (χ3v) is 4.80. The van der Waals surface area contributed by atoms with Crippen LogP contribution in [0.25, 0.3) is 11.2 Å². The zero-order valence-electron chi connectivity index (χ0n) is 14.6. The van der Waals surface area contributed by atoms with Crippen LogP contribution < -0.4 is 10.2 Å². The molecule has 0 amide bonds. The van der Waals surface area contributed by atoms with Gasteiger partial charge in [-0.3, -0.25) is 4.79 Å². The fourth-order valence-electron chi connectivity index (χ4n) is 3.57. The Morgan fingerprint density at radius 2 is 2.12 bits per heavy atom. The van der Waals surface area contributed by atoms with Crippen molar-refractivity contribution in [1.29, 1.82) is 0 Å². The molecule has 0 bridgehead atoms. The van der Waals surface area contributed by atoms with E-state index in [9.17, 15) is 4.79 Å². The molecule has 7 heteroatoms. The minimum atomic E-state index is 0.245. The largest absolute Gasteiger partial charge is 0.378 e. The first kappa shape index (κ1) is 16.5. The lowest BCUT2D eigenvalue weighted by atomic mass is 9.93. The molecule has 7 nitrogen and oxygen atoms in total. The van der Waals surface area contributed by atoms with Crippen LogP contribution in [0.2, 0.25) is 0 Å². The highest BCUT2D eigenvalue weighted by Gasteiger charge is 2.24. The molecule has 1 saturated heterocycles. The number of nitrogens with one attached hydrogen (secondary N) is 2. The molecule has 1 unspecified atom stereocenters. The summed E-state index contributed by atoms with van der Waals surface area (Å²) in [7, 11) is 0. The number of anilines is 2. The van der Waals surface area contributed by atoms with Crippen molar-refractivity contribution in [2.24, 2.45) is 5.92 Å². The first-order valence-corrected chi connectivity index (χ1v) is 8.99. The molecule has 1 atom stereocenters. The van der Waals surface area contributed by atoms with Gasteiger partial charge in [-0.1, -0.05) is 18.2 Å². The number of carbonyl (C=O) groups excluding carboxylic acids is 1. The predicted molar refractivity (Wildman–Crippen MR) is 101 cm³/mol. The van der Waals surface area contributed by atoms with E-state index in [4.69, 9.17) is 0 Å². The summed E-state index contributed by atoms with van der Waals surface area (Å²) < 4.78 is 0. The number of ketones is 1. The van der Waals surface area contributed by atoms with Crippen LogP contribution in [0.4, 0.5) is 11.5 Å². The number of nitrogens with zero attached hydrogens (tertiary/aromatic N) is 4. The van der Waals surface area contributed by atoms with Gasteiger partial charge in [0.2, 0.25) is 0 Å². The summed E-state index contributed by atoms with van der Waals surface area (Å²) >= 11 is 0. The Morgan fingerprint density at radius 3 is 3.00 bits per heavy atom. The van der Waals surface area contributed by atoms with Crippen LogP contribution in [0.5, 0.6) is 0 Å². The van der Waals surface area contributed by atoms with E-state index >= 15 is 0 Å². The molecular formula is C19H22N6O. The highest BCUT2D eigenvalue weighted by Crippen LogP contribution is 2.27. The SMILES string of the molecule is O=C(CNc1ccccc1)CC1CCCN(c2ncnc3nc[nH]c23)C1. The average Bonchev–Trinajstić information content (AvgIpc) is 3.16. The lowest BCUT2D eigenvalue weighted by Gasteiger charge is -2.33. The van der Waals surface area contributed by atoms with Crippen molar-refractivity contribution >= 4 is 28.5 Å². The van der Waals surface area contributed by atoms with E-state index in [2.05, 4.69) is 30.2 Å². The van der Waals surface area contributed by atoms with Crippen LogP contribution in [-0.2, 0) is 4.79 Å². The van der Waals surface area contributed by atoms with Crippen molar-refractivity contribution < 1.29 is 4.79 Å². The summed E-state index contributed by atoms with van der Waals surface area (Å²) in [5, 5.41) is 3.20. The second kappa shape index (κ2) is 7.51. The Bertz CT molecular complexity index is 878. The summed E-state index contributed by atoms with van der Waals surface area (Å²) in [6.07, 6.45) is 5.92. The standard InChI is InChI=1S/C19H22N6O/c26-16(10-20-15-6-2-1-3-7-15)9-14-5-4-8-25(11-14)19-17-18(22-12-21-17)23-13-24-19/h1-3,6-7,12-14,20H,4-5,8-11H2,(H,21,22,23,24). The molecule has 1 aliphatic heterocycles. The summed E-state index contributed by atoms with van der Waals surface area (Å²) in [6.45, 7) is 2.15. The smallest absolute Gasteiger partial charge is 0.182 e. The number of hydrogen-bond donors (Lipinski definition) is 2. The van der Waals surface area contributed by atoms with Crippen molar-refractivity contribution in [3.63, 3.8) is 0 Å². The fourth-order valence-corrected chi connectivity index (χ4v) is 3.57. The molecule has 0 saturated carbocycles. The molecule has 1 aromatic carbocycles. The zero-order valence-corrected chi connectivity index (χ0v) is 14.6. The van der Waals surface area contributed by atoms with Gasteiger partial charge in [-0.05, 0) is 30.9 Å². The van der Waals surface area contributed by atoms with E-state index in [1.165, 1.54) is 0 Å². The van der Waals surface area contributed by atoms with Crippen LogP contribution in [0.15, 0.2) is 43.0 Å². The summed E-state index contributed by atoms with van der Waals surface area (Å²) in [6, 6.07) is 9.83. The molecule has 4 rings (SSSR count). The average molecular weight is 350 g/mol. The monoisotopic (exact) mass is 350 g/mol. The van der Waals surface area contributed by atoms with Gasteiger partial charge in [-0.25, -0.2) is 15.0 Å². The molecule has 0 radical (unpaired) electrons. The fraction of sp³-hybridized carbons (Fsp3) is 0.368. The number of rotatable bonds is 6. The maximum Gasteiger partial charge on any atom is 0.182 e. The van der Waals surface area contributed by atoms with Crippen molar-refractivity contribution in [3.05, 3.63) is 43.0 Å². The van der Waals surface area contributed by atoms with Gasteiger partial charge in [-0.15, -0.1) is 0 Å². The van der Waals surface area contributed by atoms with E-state index in [0.717, 1.165) is 43.0 Å². The number of Topliss-reactive ketones (excluding diaryl/α,β-unsaturated/α-hetero) is 1. The molecular weight excluding hydrogens is 328 g/mol. The molecule has 2 N–H and O–H groups in total. The number of imidazole rings is 1. The number of piperidine rings is 1. The van der Waals surface area contributed by atoms with E-state index in [1.54, 1.807) is 12.7 Å².